The van der Waals surface area contributed by atoms with E-state index in [2.05, 4.69) is 0 Å². The van der Waals surface area contributed by atoms with E-state index in [9.17, 15) is 8.78 Å². The Morgan fingerprint density at radius 1 is 1.14 bits per heavy atom. The molecule has 14 heavy (non-hydrogen) atoms. The fourth-order valence-corrected chi connectivity index (χ4v) is 1.62. The molecule has 0 heterocycles. The highest BCUT2D eigenvalue weighted by molar-refractivity contribution is 5.14. The monoisotopic (exact) mass is 205 g/mol. The van der Waals surface area contributed by atoms with E-state index in [4.69, 9.17) is 0 Å². The topological polar surface area (TPSA) is 3.24 Å². The van der Waals surface area contributed by atoms with Crippen LogP contribution in [0, 0.1) is 5.92 Å². The standard InChI is InChI=1S/C11H21F2N/c1-8(2)11(10(5)6-12)14(7-13)9(3)4/h8-9H,6-7H2,1-5H3/b11-10+. The molecule has 0 N–H and O–H groups in total. The summed E-state index contributed by atoms with van der Waals surface area (Å²) in [5, 5.41) is 0. The lowest BCUT2D eigenvalue weighted by molar-refractivity contribution is 0.174. The van der Waals surface area contributed by atoms with Gasteiger partial charge in [0, 0.05) is 11.7 Å². The fraction of sp³-hybridized carbons (Fsp3) is 0.818. The third-order valence-electron chi connectivity index (χ3n) is 2.25. The van der Waals surface area contributed by atoms with Crippen LogP contribution in [0.2, 0.25) is 0 Å². The molecule has 0 radical (unpaired) electrons. The van der Waals surface area contributed by atoms with Gasteiger partial charge in [0.1, 0.15) is 6.67 Å². The Morgan fingerprint density at radius 2 is 1.64 bits per heavy atom. The van der Waals surface area contributed by atoms with Gasteiger partial charge in [-0.25, -0.2) is 8.78 Å². The SMILES string of the molecule is C/C(CF)=C(/C(C)C)N(CF)C(C)C. The van der Waals surface area contributed by atoms with E-state index in [1.165, 1.54) is 0 Å². The Hall–Kier alpha value is -0.600. The van der Waals surface area contributed by atoms with Crippen LogP contribution in [0.25, 0.3) is 0 Å². The maximum absolute atomic E-state index is 12.8. The van der Waals surface area contributed by atoms with Crippen LogP contribution < -0.4 is 0 Å². The smallest absolute Gasteiger partial charge is 0.161 e. The normalized spacial score (nSPS) is 13.5. The Morgan fingerprint density at radius 3 is 1.86 bits per heavy atom. The number of alkyl halides is 2. The zero-order valence-electron chi connectivity index (χ0n) is 9.77. The first-order chi connectivity index (χ1) is 6.45. The number of hydrogen-bond acceptors (Lipinski definition) is 1. The van der Waals surface area contributed by atoms with Crippen molar-refractivity contribution >= 4 is 0 Å². The van der Waals surface area contributed by atoms with Crippen molar-refractivity contribution in [2.24, 2.45) is 5.92 Å². The van der Waals surface area contributed by atoms with Crippen molar-refractivity contribution in [2.45, 2.75) is 40.7 Å². The Labute approximate surface area is 85.8 Å². The maximum Gasteiger partial charge on any atom is 0.161 e. The number of rotatable bonds is 5. The summed E-state index contributed by atoms with van der Waals surface area (Å²) >= 11 is 0. The molecular formula is C11H21F2N. The van der Waals surface area contributed by atoms with Gasteiger partial charge in [0.05, 0.1) is 0 Å². The lowest BCUT2D eigenvalue weighted by atomic mass is 10.0. The van der Waals surface area contributed by atoms with Crippen molar-refractivity contribution in [3.8, 4) is 0 Å². The second kappa shape index (κ2) is 5.99. The molecule has 0 fully saturated rings. The van der Waals surface area contributed by atoms with Crippen molar-refractivity contribution in [3.63, 3.8) is 0 Å². The molecule has 0 aromatic carbocycles. The third kappa shape index (κ3) is 3.28. The summed E-state index contributed by atoms with van der Waals surface area (Å²) in [6, 6.07) is 0.0684. The molecule has 0 aliphatic heterocycles. The largest absolute Gasteiger partial charge is 0.345 e. The molecule has 0 unspecified atom stereocenters. The minimum Gasteiger partial charge on any atom is -0.345 e. The zero-order chi connectivity index (χ0) is 11.3. The zero-order valence-corrected chi connectivity index (χ0v) is 9.77. The van der Waals surface area contributed by atoms with E-state index in [0.29, 0.717) is 5.57 Å². The molecule has 0 spiro atoms. The van der Waals surface area contributed by atoms with Gasteiger partial charge in [-0.15, -0.1) is 0 Å². The van der Waals surface area contributed by atoms with Gasteiger partial charge >= 0.3 is 0 Å². The summed E-state index contributed by atoms with van der Waals surface area (Å²) in [6.07, 6.45) is 0. The van der Waals surface area contributed by atoms with Crippen LogP contribution in [-0.2, 0) is 0 Å². The molecule has 0 saturated carbocycles. The predicted octanol–water partition coefficient (Wildman–Crippen LogP) is 3.52. The predicted molar refractivity (Wildman–Crippen MR) is 56.5 cm³/mol. The summed E-state index contributed by atoms with van der Waals surface area (Å²) < 4.78 is 25.3. The number of nitrogens with zero attached hydrogens (tertiary/aromatic N) is 1. The molecule has 0 saturated heterocycles. The van der Waals surface area contributed by atoms with Gasteiger partial charge in [0.25, 0.3) is 0 Å². The van der Waals surface area contributed by atoms with Gasteiger partial charge in [-0.3, -0.25) is 0 Å². The number of allylic oxidation sites excluding steroid dienone is 2. The van der Waals surface area contributed by atoms with Gasteiger partial charge in [0.15, 0.2) is 6.80 Å². The summed E-state index contributed by atoms with van der Waals surface area (Å²) in [7, 11) is 0. The first-order valence-electron chi connectivity index (χ1n) is 5.03. The van der Waals surface area contributed by atoms with E-state index in [-0.39, 0.29) is 12.0 Å². The molecule has 0 rings (SSSR count). The van der Waals surface area contributed by atoms with E-state index < -0.39 is 13.5 Å². The van der Waals surface area contributed by atoms with Crippen molar-refractivity contribution in [1.29, 1.82) is 0 Å². The molecule has 0 amide bonds. The summed E-state index contributed by atoms with van der Waals surface area (Å²) in [6.45, 7) is 8.40. The number of halogens is 2. The van der Waals surface area contributed by atoms with Crippen LogP contribution >= 0.6 is 0 Å². The fourth-order valence-electron chi connectivity index (χ4n) is 1.62. The minimum atomic E-state index is -0.553. The van der Waals surface area contributed by atoms with Crippen LogP contribution in [-0.4, -0.2) is 24.4 Å². The van der Waals surface area contributed by atoms with Crippen LogP contribution in [0.3, 0.4) is 0 Å². The van der Waals surface area contributed by atoms with E-state index in [0.717, 1.165) is 5.70 Å². The quantitative estimate of drug-likeness (QED) is 0.621. The van der Waals surface area contributed by atoms with E-state index >= 15 is 0 Å². The molecule has 0 bridgehead atoms. The van der Waals surface area contributed by atoms with Crippen molar-refractivity contribution in [2.75, 3.05) is 13.5 Å². The van der Waals surface area contributed by atoms with Crippen LogP contribution in [0.5, 0.6) is 0 Å². The molecule has 84 valence electrons. The molecule has 0 aromatic heterocycles. The first-order valence-corrected chi connectivity index (χ1v) is 5.03. The van der Waals surface area contributed by atoms with Crippen LogP contribution in [0.4, 0.5) is 8.78 Å². The highest BCUT2D eigenvalue weighted by Crippen LogP contribution is 2.22. The highest BCUT2D eigenvalue weighted by atomic mass is 19.1. The Bertz CT molecular complexity index is 197. The lowest BCUT2D eigenvalue weighted by Gasteiger charge is -2.32. The lowest BCUT2D eigenvalue weighted by Crippen LogP contribution is -2.32. The Kier molecular flexibility index (Phi) is 5.73. The molecule has 3 heteroatoms. The van der Waals surface area contributed by atoms with E-state index in [1.807, 2.05) is 27.7 Å². The third-order valence-corrected chi connectivity index (χ3v) is 2.25. The van der Waals surface area contributed by atoms with Gasteiger partial charge < -0.3 is 4.90 Å². The second-order valence-corrected chi connectivity index (χ2v) is 4.14. The van der Waals surface area contributed by atoms with Crippen LogP contribution in [0.15, 0.2) is 11.3 Å². The average Bonchev–Trinajstić information content (AvgIpc) is 2.11. The maximum atomic E-state index is 12.8. The summed E-state index contributed by atoms with van der Waals surface area (Å²) in [4.78, 5) is 1.61. The molecule has 0 aliphatic rings. The molecule has 0 aromatic rings. The molecule has 1 nitrogen and oxygen atoms in total. The van der Waals surface area contributed by atoms with Crippen LogP contribution in [0.1, 0.15) is 34.6 Å². The summed E-state index contributed by atoms with van der Waals surface area (Å²) in [5.74, 6) is 0.156. The van der Waals surface area contributed by atoms with Crippen molar-refractivity contribution < 1.29 is 8.78 Å². The van der Waals surface area contributed by atoms with Crippen molar-refractivity contribution in [3.05, 3.63) is 11.3 Å². The minimum absolute atomic E-state index is 0.0684. The van der Waals surface area contributed by atoms with Gasteiger partial charge in [-0.1, -0.05) is 13.8 Å². The molecule has 0 atom stereocenters. The first kappa shape index (κ1) is 13.4. The molecular weight excluding hydrogens is 184 g/mol. The average molecular weight is 205 g/mol. The highest BCUT2D eigenvalue weighted by Gasteiger charge is 2.18. The second-order valence-electron chi connectivity index (χ2n) is 4.14. The van der Waals surface area contributed by atoms with E-state index in [1.54, 1.807) is 11.8 Å². The summed E-state index contributed by atoms with van der Waals surface area (Å²) in [5.41, 5.74) is 1.43. The van der Waals surface area contributed by atoms with Gasteiger partial charge in [-0.05, 0) is 32.3 Å². The van der Waals surface area contributed by atoms with Gasteiger partial charge in [-0.2, -0.15) is 0 Å². The number of hydrogen-bond donors (Lipinski definition) is 0. The van der Waals surface area contributed by atoms with Crippen molar-refractivity contribution in [1.82, 2.24) is 4.90 Å². The molecule has 0 aliphatic carbocycles. The Balaban J connectivity index is 4.98. The van der Waals surface area contributed by atoms with Gasteiger partial charge in [0.2, 0.25) is 0 Å².